The molecule has 2 rings (SSSR count). The summed E-state index contributed by atoms with van der Waals surface area (Å²) >= 11 is 0. The van der Waals surface area contributed by atoms with Gasteiger partial charge >= 0.3 is 5.97 Å². The van der Waals surface area contributed by atoms with Gasteiger partial charge in [-0.05, 0) is 71.7 Å². The van der Waals surface area contributed by atoms with Gasteiger partial charge in [-0.1, -0.05) is 65.8 Å². The summed E-state index contributed by atoms with van der Waals surface area (Å²) < 4.78 is 18.6. The van der Waals surface area contributed by atoms with Crippen LogP contribution in [0.1, 0.15) is 59.6 Å². The zero-order valence-electron chi connectivity index (χ0n) is 22.1. The highest BCUT2D eigenvalue weighted by Crippen LogP contribution is 2.33. The van der Waals surface area contributed by atoms with Crippen molar-refractivity contribution in [3.63, 3.8) is 0 Å². The van der Waals surface area contributed by atoms with Gasteiger partial charge in [-0.3, -0.25) is 4.79 Å². The molecular weight excluding hydrogens is 456 g/mol. The second kappa shape index (κ2) is 13.0. The monoisotopic (exact) mass is 498 g/mol. The van der Waals surface area contributed by atoms with E-state index >= 15 is 0 Å². The molecule has 0 saturated heterocycles. The fourth-order valence-electron chi connectivity index (χ4n) is 4.25. The second-order valence-electron chi connectivity index (χ2n) is 8.93. The van der Waals surface area contributed by atoms with E-state index in [-0.39, 0.29) is 5.97 Å². The van der Waals surface area contributed by atoms with E-state index in [9.17, 15) is 4.79 Å². The molecule has 2 aromatic carbocycles. The SMILES string of the molecule is CC[Si](CC)(CC)Oc1cc(/C=C/c2ccc(OC(C)=O)cc2)cc(O[Si](CC)(CC)CC)c1. The number of benzene rings is 2. The quantitative estimate of drug-likeness (QED) is 0.120. The Bertz CT molecular complexity index is 889. The van der Waals surface area contributed by atoms with Gasteiger partial charge in [-0.15, -0.1) is 0 Å². The zero-order valence-corrected chi connectivity index (χ0v) is 24.1. The highest BCUT2D eigenvalue weighted by molar-refractivity contribution is 6.74. The Balaban J connectivity index is 2.40. The van der Waals surface area contributed by atoms with Crippen molar-refractivity contribution in [1.82, 2.24) is 0 Å². The van der Waals surface area contributed by atoms with Crippen LogP contribution < -0.4 is 13.6 Å². The van der Waals surface area contributed by atoms with Crippen LogP contribution in [-0.4, -0.2) is 22.6 Å². The van der Waals surface area contributed by atoms with Crippen LogP contribution in [-0.2, 0) is 4.79 Å². The van der Waals surface area contributed by atoms with E-state index in [1.54, 1.807) is 0 Å². The lowest BCUT2D eigenvalue weighted by atomic mass is 10.1. The third kappa shape index (κ3) is 7.60. The smallest absolute Gasteiger partial charge is 0.308 e. The van der Waals surface area contributed by atoms with Crippen LogP contribution in [0.25, 0.3) is 12.2 Å². The Morgan fingerprint density at radius 1 is 0.647 bits per heavy atom. The van der Waals surface area contributed by atoms with Crippen LogP contribution in [0.5, 0.6) is 17.2 Å². The summed E-state index contributed by atoms with van der Waals surface area (Å²) in [5.74, 6) is 2.08. The summed E-state index contributed by atoms with van der Waals surface area (Å²) in [6, 6.07) is 20.5. The van der Waals surface area contributed by atoms with Crippen molar-refractivity contribution in [3.05, 3.63) is 53.6 Å². The van der Waals surface area contributed by atoms with Gasteiger partial charge in [0, 0.05) is 13.0 Å². The van der Waals surface area contributed by atoms with Crippen LogP contribution in [0.2, 0.25) is 36.3 Å². The average molecular weight is 499 g/mol. The molecule has 0 radical (unpaired) electrons. The molecular formula is C28H42O4Si2. The summed E-state index contributed by atoms with van der Waals surface area (Å²) in [7, 11) is -3.61. The third-order valence-corrected chi connectivity index (χ3v) is 16.1. The van der Waals surface area contributed by atoms with Gasteiger partial charge < -0.3 is 13.6 Å². The van der Waals surface area contributed by atoms with E-state index in [0.717, 1.165) is 58.9 Å². The highest BCUT2D eigenvalue weighted by atomic mass is 28.4. The summed E-state index contributed by atoms with van der Waals surface area (Å²) in [6.07, 6.45) is 4.16. The number of esters is 1. The largest absolute Gasteiger partial charge is 0.543 e. The summed E-state index contributed by atoms with van der Waals surface area (Å²) in [6.45, 7) is 14.9. The van der Waals surface area contributed by atoms with Crippen molar-refractivity contribution in [2.24, 2.45) is 0 Å². The first-order chi connectivity index (χ1) is 16.3. The molecule has 0 heterocycles. The summed E-state index contributed by atoms with van der Waals surface area (Å²) in [4.78, 5) is 11.1. The molecule has 34 heavy (non-hydrogen) atoms. The minimum absolute atomic E-state index is 0.315. The molecule has 2 aromatic rings. The summed E-state index contributed by atoms with van der Waals surface area (Å²) in [5, 5.41) is 0. The van der Waals surface area contributed by atoms with Gasteiger partial charge in [0.2, 0.25) is 16.6 Å². The van der Waals surface area contributed by atoms with Crippen molar-refractivity contribution < 1.29 is 18.4 Å². The maximum absolute atomic E-state index is 11.1. The topological polar surface area (TPSA) is 44.8 Å². The van der Waals surface area contributed by atoms with Gasteiger partial charge in [0.05, 0.1) is 0 Å². The van der Waals surface area contributed by atoms with Crippen molar-refractivity contribution in [3.8, 4) is 17.2 Å². The van der Waals surface area contributed by atoms with Crippen molar-refractivity contribution in [2.75, 3.05) is 0 Å². The molecule has 0 atom stereocenters. The molecule has 0 aliphatic rings. The molecule has 6 heteroatoms. The molecule has 0 aliphatic carbocycles. The molecule has 0 fully saturated rings. The number of hydrogen-bond acceptors (Lipinski definition) is 4. The number of hydrogen-bond donors (Lipinski definition) is 0. The Morgan fingerprint density at radius 3 is 1.44 bits per heavy atom. The molecule has 0 bridgehead atoms. The molecule has 186 valence electrons. The average Bonchev–Trinajstić information content (AvgIpc) is 2.85. The highest BCUT2D eigenvalue weighted by Gasteiger charge is 2.33. The molecule has 0 amide bonds. The van der Waals surface area contributed by atoms with Crippen LogP contribution in [0.3, 0.4) is 0 Å². The normalized spacial score (nSPS) is 12.1. The molecule has 0 N–H and O–H groups in total. The fourth-order valence-corrected chi connectivity index (χ4v) is 9.35. The van der Waals surface area contributed by atoms with E-state index in [1.807, 2.05) is 24.3 Å². The lowest BCUT2D eigenvalue weighted by Crippen LogP contribution is -2.40. The number of ether oxygens (including phenoxy) is 1. The Labute approximate surface area is 208 Å². The van der Waals surface area contributed by atoms with Crippen molar-refractivity contribution in [2.45, 2.75) is 84.7 Å². The predicted molar refractivity (Wildman–Crippen MR) is 149 cm³/mol. The fraction of sp³-hybridized carbons (Fsp3) is 0.464. The number of carbonyl (C=O) groups excluding carboxylic acids is 1. The Hall–Kier alpha value is -2.32. The van der Waals surface area contributed by atoms with E-state index in [0.29, 0.717) is 5.75 Å². The summed E-state index contributed by atoms with van der Waals surface area (Å²) in [5.41, 5.74) is 2.09. The van der Waals surface area contributed by atoms with Gasteiger partial charge in [0.1, 0.15) is 17.2 Å². The molecule has 0 aliphatic heterocycles. The van der Waals surface area contributed by atoms with Crippen LogP contribution in [0, 0.1) is 0 Å². The minimum Gasteiger partial charge on any atom is -0.543 e. The Kier molecular flexibility index (Phi) is 10.6. The van der Waals surface area contributed by atoms with Gasteiger partial charge in [0.15, 0.2) is 0 Å². The number of rotatable bonds is 13. The molecule has 0 spiro atoms. The lowest BCUT2D eigenvalue weighted by molar-refractivity contribution is -0.131. The lowest BCUT2D eigenvalue weighted by Gasteiger charge is -2.31. The second-order valence-corrected chi connectivity index (χ2v) is 18.3. The zero-order chi connectivity index (χ0) is 25.2. The standard InChI is InChI=1S/C28H42O4Si2/c1-8-33(9-2,10-3)31-27-20-25(21-28(22-27)32-34(11-4,12-5)13-6)15-14-24-16-18-26(19-17-24)30-23(7)29/h14-22H,8-13H2,1-7H3/b15-14+. The van der Waals surface area contributed by atoms with Crippen molar-refractivity contribution >= 4 is 34.8 Å². The van der Waals surface area contributed by atoms with Gasteiger partial charge in [-0.25, -0.2) is 0 Å². The van der Waals surface area contributed by atoms with E-state index < -0.39 is 16.6 Å². The van der Waals surface area contributed by atoms with E-state index in [4.69, 9.17) is 13.6 Å². The maximum Gasteiger partial charge on any atom is 0.308 e. The van der Waals surface area contributed by atoms with Crippen LogP contribution in [0.4, 0.5) is 0 Å². The first-order valence-corrected chi connectivity index (χ1v) is 17.8. The molecule has 0 unspecified atom stereocenters. The minimum atomic E-state index is -1.80. The van der Waals surface area contributed by atoms with E-state index in [2.05, 4.69) is 71.9 Å². The molecule has 0 aromatic heterocycles. The third-order valence-electron chi connectivity index (χ3n) is 7.05. The van der Waals surface area contributed by atoms with Crippen LogP contribution in [0.15, 0.2) is 42.5 Å². The first-order valence-electron chi connectivity index (χ1n) is 12.8. The molecule has 0 saturated carbocycles. The molecule has 4 nitrogen and oxygen atoms in total. The van der Waals surface area contributed by atoms with Gasteiger partial charge in [-0.2, -0.15) is 0 Å². The van der Waals surface area contributed by atoms with E-state index in [1.165, 1.54) is 6.92 Å². The number of carbonyl (C=O) groups is 1. The first kappa shape index (κ1) is 27.9. The Morgan fingerprint density at radius 2 is 1.06 bits per heavy atom. The maximum atomic E-state index is 11.1. The predicted octanol–water partition coefficient (Wildman–Crippen LogP) is 8.55. The van der Waals surface area contributed by atoms with Gasteiger partial charge in [0.25, 0.3) is 0 Å². The van der Waals surface area contributed by atoms with Crippen LogP contribution >= 0.6 is 0 Å². The van der Waals surface area contributed by atoms with Crippen molar-refractivity contribution in [1.29, 1.82) is 0 Å².